The van der Waals surface area contributed by atoms with Crippen LogP contribution in [0.15, 0.2) is 36.4 Å². The number of ether oxygens (including phenoxy) is 2. The van der Waals surface area contributed by atoms with Gasteiger partial charge in [0.1, 0.15) is 17.7 Å². The number of hydrogen-bond acceptors (Lipinski definition) is 6. The normalized spacial score (nSPS) is 21.6. The molecular formula is C25H34Cl2N2O4. The second kappa shape index (κ2) is 10.8. The van der Waals surface area contributed by atoms with Crippen molar-refractivity contribution in [2.75, 3.05) is 40.4 Å². The number of likely N-dealkylation sites (tertiary alicyclic amines) is 1. The summed E-state index contributed by atoms with van der Waals surface area (Å²) in [5.41, 5.74) is 0.249. The van der Waals surface area contributed by atoms with Crippen LogP contribution in [-0.4, -0.2) is 55.5 Å². The number of benzene rings is 2. The maximum atomic E-state index is 11.5. The Balaban J connectivity index is 1.59. The fraction of sp³-hybridized carbons (Fsp3) is 0.520. The Hall–Kier alpha value is -1.54. The molecule has 0 aliphatic carbocycles. The molecule has 0 amide bonds. The smallest absolute Gasteiger partial charge is 0.141 e. The molecule has 1 saturated heterocycles. The topological polar surface area (TPSA) is 74.2 Å². The Morgan fingerprint density at radius 1 is 1.15 bits per heavy atom. The number of nitrogens with one attached hydrogen (secondary N) is 1. The van der Waals surface area contributed by atoms with Crippen LogP contribution in [0.3, 0.4) is 0 Å². The summed E-state index contributed by atoms with van der Waals surface area (Å²) in [6.45, 7) is 7.10. The number of hydrogen-bond donors (Lipinski definition) is 3. The zero-order valence-corrected chi connectivity index (χ0v) is 21.2. The molecule has 2 aromatic rings. The number of aliphatic hydroxyl groups excluding tert-OH is 1. The Morgan fingerprint density at radius 3 is 2.45 bits per heavy atom. The minimum absolute atomic E-state index is 0.326. The lowest BCUT2D eigenvalue weighted by Gasteiger charge is -2.50. The van der Waals surface area contributed by atoms with Crippen molar-refractivity contribution in [1.29, 1.82) is 0 Å². The predicted molar refractivity (Wildman–Crippen MR) is 132 cm³/mol. The lowest BCUT2D eigenvalue weighted by atomic mass is 9.66. The monoisotopic (exact) mass is 496 g/mol. The number of piperidine rings is 1. The fourth-order valence-corrected chi connectivity index (χ4v) is 4.92. The quantitative estimate of drug-likeness (QED) is 0.348. The van der Waals surface area contributed by atoms with Crippen LogP contribution in [0.2, 0.25) is 10.0 Å². The first-order valence-electron chi connectivity index (χ1n) is 11.2. The highest BCUT2D eigenvalue weighted by atomic mass is 35.5. The third-order valence-electron chi connectivity index (χ3n) is 6.58. The molecule has 1 aliphatic heterocycles. The molecule has 2 atom stereocenters. The van der Waals surface area contributed by atoms with Crippen LogP contribution in [0.5, 0.6) is 11.5 Å². The van der Waals surface area contributed by atoms with Crippen molar-refractivity contribution < 1.29 is 19.7 Å². The molecule has 0 spiro atoms. The van der Waals surface area contributed by atoms with E-state index in [9.17, 15) is 10.2 Å². The van der Waals surface area contributed by atoms with Crippen LogP contribution in [0, 0.1) is 5.41 Å². The molecule has 2 aromatic carbocycles. The average molecular weight is 497 g/mol. The van der Waals surface area contributed by atoms with Gasteiger partial charge in [0.25, 0.3) is 0 Å². The van der Waals surface area contributed by atoms with Crippen LogP contribution in [0.4, 0.5) is 0 Å². The Labute approximate surface area is 206 Å². The number of aliphatic hydroxyl groups is 2. The summed E-state index contributed by atoms with van der Waals surface area (Å²) in [6, 6.07) is 10.9. The molecule has 0 bridgehead atoms. The number of methoxy groups -OCH3 is 1. The molecule has 0 radical (unpaired) electrons. The average Bonchev–Trinajstić information content (AvgIpc) is 2.79. The summed E-state index contributed by atoms with van der Waals surface area (Å²) in [5.74, 6) is 1.03. The summed E-state index contributed by atoms with van der Waals surface area (Å²) in [4.78, 5) is 2.36. The van der Waals surface area contributed by atoms with Gasteiger partial charge in [-0.1, -0.05) is 49.2 Å². The van der Waals surface area contributed by atoms with Crippen molar-refractivity contribution in [2.45, 2.75) is 38.5 Å². The van der Waals surface area contributed by atoms with Crippen molar-refractivity contribution in [3.63, 3.8) is 0 Å². The van der Waals surface area contributed by atoms with Gasteiger partial charge in [0.05, 0.1) is 24.3 Å². The largest absolute Gasteiger partial charge is 0.495 e. The molecule has 182 valence electrons. The highest BCUT2D eigenvalue weighted by Crippen LogP contribution is 2.46. The van der Waals surface area contributed by atoms with E-state index in [1.54, 1.807) is 26.3 Å². The van der Waals surface area contributed by atoms with Crippen molar-refractivity contribution in [2.24, 2.45) is 5.41 Å². The van der Waals surface area contributed by atoms with Gasteiger partial charge in [0.2, 0.25) is 0 Å². The highest BCUT2D eigenvalue weighted by molar-refractivity contribution is 6.32. The Bertz CT molecular complexity index is 939. The molecule has 3 rings (SSSR count). The van der Waals surface area contributed by atoms with E-state index < -0.39 is 11.8 Å². The molecule has 33 heavy (non-hydrogen) atoms. The van der Waals surface area contributed by atoms with E-state index in [4.69, 9.17) is 32.7 Å². The van der Waals surface area contributed by atoms with Crippen LogP contribution >= 0.6 is 23.2 Å². The first kappa shape index (κ1) is 26.1. The molecule has 8 heteroatoms. The SMILES string of the molecule is CNC(O)c1cc(Cl)c(OC)cc1OCCCN1CCC(O)(c2ccc(Cl)cc2)C(C)(C)C1. The summed E-state index contributed by atoms with van der Waals surface area (Å²) in [5, 5.41) is 25.7. The molecule has 0 saturated carbocycles. The van der Waals surface area contributed by atoms with E-state index in [2.05, 4.69) is 24.1 Å². The lowest BCUT2D eigenvalue weighted by Crippen LogP contribution is -2.55. The summed E-state index contributed by atoms with van der Waals surface area (Å²) < 4.78 is 11.3. The van der Waals surface area contributed by atoms with Crippen molar-refractivity contribution in [1.82, 2.24) is 10.2 Å². The molecule has 0 aromatic heterocycles. The first-order valence-corrected chi connectivity index (χ1v) is 11.9. The molecule has 2 unspecified atom stereocenters. The minimum Gasteiger partial charge on any atom is -0.495 e. The van der Waals surface area contributed by atoms with Crippen molar-refractivity contribution >= 4 is 23.2 Å². The third kappa shape index (κ3) is 5.76. The van der Waals surface area contributed by atoms with E-state index in [0.29, 0.717) is 40.1 Å². The summed E-state index contributed by atoms with van der Waals surface area (Å²) in [7, 11) is 3.21. The van der Waals surface area contributed by atoms with Crippen LogP contribution in [-0.2, 0) is 5.60 Å². The van der Waals surface area contributed by atoms with Gasteiger partial charge in [0.15, 0.2) is 0 Å². The highest BCUT2D eigenvalue weighted by Gasteiger charge is 2.48. The maximum Gasteiger partial charge on any atom is 0.141 e. The predicted octanol–water partition coefficient (Wildman–Crippen LogP) is 4.60. The van der Waals surface area contributed by atoms with Gasteiger partial charge in [-0.25, -0.2) is 0 Å². The Morgan fingerprint density at radius 2 is 1.85 bits per heavy atom. The van der Waals surface area contributed by atoms with Gasteiger partial charge < -0.3 is 24.6 Å². The second-order valence-corrected chi connectivity index (χ2v) is 10.0. The van der Waals surface area contributed by atoms with Crippen molar-refractivity contribution in [3.05, 3.63) is 57.6 Å². The van der Waals surface area contributed by atoms with Gasteiger partial charge in [-0.3, -0.25) is 5.32 Å². The Kier molecular flexibility index (Phi) is 8.54. The number of rotatable bonds is 9. The van der Waals surface area contributed by atoms with Gasteiger partial charge in [0, 0.05) is 41.7 Å². The summed E-state index contributed by atoms with van der Waals surface area (Å²) >= 11 is 12.2. The second-order valence-electron chi connectivity index (χ2n) is 9.20. The molecule has 1 aliphatic rings. The van der Waals surface area contributed by atoms with E-state index in [0.717, 1.165) is 31.6 Å². The van der Waals surface area contributed by atoms with E-state index in [1.165, 1.54) is 0 Å². The standard InChI is InChI=1S/C25H34Cl2N2O4/c1-24(2)16-29(12-10-25(24,31)17-6-8-18(26)9-7-17)11-5-13-33-21-15-22(32-4)20(27)14-19(21)23(30)28-3/h6-9,14-15,23,28,30-31H,5,10-13,16H2,1-4H3. The molecule has 6 nitrogen and oxygen atoms in total. The molecule has 1 heterocycles. The lowest BCUT2D eigenvalue weighted by molar-refractivity contribution is -0.125. The summed E-state index contributed by atoms with van der Waals surface area (Å²) in [6.07, 6.45) is 0.557. The van der Waals surface area contributed by atoms with Gasteiger partial charge in [-0.05, 0) is 43.7 Å². The van der Waals surface area contributed by atoms with Crippen LogP contribution < -0.4 is 14.8 Å². The fourth-order valence-electron chi connectivity index (χ4n) is 4.55. The number of halogens is 2. The first-order chi connectivity index (χ1) is 15.6. The zero-order chi connectivity index (χ0) is 24.2. The van der Waals surface area contributed by atoms with Gasteiger partial charge in [-0.15, -0.1) is 0 Å². The van der Waals surface area contributed by atoms with Gasteiger partial charge >= 0.3 is 0 Å². The van der Waals surface area contributed by atoms with Gasteiger partial charge in [-0.2, -0.15) is 0 Å². The molecular weight excluding hydrogens is 463 g/mol. The molecule has 1 fully saturated rings. The number of nitrogens with zero attached hydrogens (tertiary/aromatic N) is 1. The van der Waals surface area contributed by atoms with E-state index in [-0.39, 0.29) is 5.41 Å². The van der Waals surface area contributed by atoms with Crippen molar-refractivity contribution in [3.8, 4) is 11.5 Å². The zero-order valence-electron chi connectivity index (χ0n) is 19.7. The maximum absolute atomic E-state index is 11.5. The van der Waals surface area contributed by atoms with E-state index in [1.807, 2.05) is 24.3 Å². The third-order valence-corrected chi connectivity index (χ3v) is 7.13. The van der Waals surface area contributed by atoms with Crippen LogP contribution in [0.1, 0.15) is 44.0 Å². The minimum atomic E-state index is -0.900. The van der Waals surface area contributed by atoms with E-state index >= 15 is 0 Å². The molecule has 3 N–H and O–H groups in total. The van der Waals surface area contributed by atoms with Crippen LogP contribution in [0.25, 0.3) is 0 Å².